The van der Waals surface area contributed by atoms with Gasteiger partial charge < -0.3 is 9.80 Å². The van der Waals surface area contributed by atoms with Crippen LogP contribution < -0.4 is 10.5 Å². The first-order chi connectivity index (χ1) is 14.0. The van der Waals surface area contributed by atoms with Gasteiger partial charge in [-0.3, -0.25) is 14.2 Å². The second-order valence-corrected chi connectivity index (χ2v) is 9.10. The molecule has 0 bridgehead atoms. The Morgan fingerprint density at radius 2 is 2.10 bits per heavy atom. The Morgan fingerprint density at radius 3 is 2.86 bits per heavy atom. The minimum atomic E-state index is -0.102. The molecule has 0 saturated carbocycles. The van der Waals surface area contributed by atoms with Crippen LogP contribution in [0.25, 0.3) is 0 Å². The Labute approximate surface area is 173 Å². The number of aromatic nitrogens is 4. The van der Waals surface area contributed by atoms with Crippen molar-refractivity contribution in [2.45, 2.75) is 49.8 Å². The van der Waals surface area contributed by atoms with E-state index in [1.54, 1.807) is 16.3 Å². The molecular formula is C20H24N6O2S. The molecule has 1 saturated heterocycles. The summed E-state index contributed by atoms with van der Waals surface area (Å²) in [6, 6.07) is 3.97. The fraction of sp³-hybridized carbons (Fsp3) is 0.550. The SMILES string of the molecule is Cc1ccc(N2CC(N(C)C(=O)CC3CSc4nc5c(c(=O)n43)CCC5)C2)nn1. The fourth-order valence-electron chi connectivity index (χ4n) is 4.30. The highest BCUT2D eigenvalue weighted by atomic mass is 32.2. The summed E-state index contributed by atoms with van der Waals surface area (Å²) in [5.41, 5.74) is 2.78. The van der Waals surface area contributed by atoms with E-state index in [4.69, 9.17) is 4.98 Å². The highest BCUT2D eigenvalue weighted by Crippen LogP contribution is 2.34. The van der Waals surface area contributed by atoms with Crippen LogP contribution in [0.3, 0.4) is 0 Å². The highest BCUT2D eigenvalue weighted by molar-refractivity contribution is 7.99. The molecular weight excluding hydrogens is 388 g/mol. The molecule has 4 heterocycles. The van der Waals surface area contributed by atoms with Gasteiger partial charge in [0.15, 0.2) is 11.0 Å². The zero-order valence-electron chi connectivity index (χ0n) is 16.7. The normalized spacial score (nSPS) is 20.3. The van der Waals surface area contributed by atoms with Gasteiger partial charge in [-0.1, -0.05) is 11.8 Å². The molecule has 1 amide bonds. The molecule has 0 N–H and O–H groups in total. The molecule has 1 aliphatic carbocycles. The van der Waals surface area contributed by atoms with Gasteiger partial charge in [-0.05, 0) is 38.3 Å². The van der Waals surface area contributed by atoms with Gasteiger partial charge >= 0.3 is 0 Å². The Bertz CT molecular complexity index is 1010. The molecule has 9 heteroatoms. The van der Waals surface area contributed by atoms with E-state index in [2.05, 4.69) is 15.1 Å². The van der Waals surface area contributed by atoms with E-state index in [0.29, 0.717) is 6.42 Å². The lowest BCUT2D eigenvalue weighted by Gasteiger charge is -2.44. The molecule has 0 spiro atoms. The van der Waals surface area contributed by atoms with Crippen molar-refractivity contribution in [3.8, 4) is 0 Å². The molecule has 152 valence electrons. The van der Waals surface area contributed by atoms with Crippen molar-refractivity contribution < 1.29 is 4.79 Å². The zero-order valence-corrected chi connectivity index (χ0v) is 17.5. The number of hydrogen-bond acceptors (Lipinski definition) is 7. The standard InChI is InChI=1S/C20H24N6O2S/c1-12-6-7-17(23-22-12)25-9-14(10-25)24(2)18(27)8-13-11-29-20-21-16-5-3-4-15(16)19(28)26(13)20/h6-7,13-14H,3-5,8-11H2,1-2H3. The molecule has 1 atom stereocenters. The second kappa shape index (κ2) is 7.12. The maximum Gasteiger partial charge on any atom is 0.257 e. The number of carbonyl (C=O) groups excluding carboxylic acids is 1. The molecule has 5 rings (SSSR count). The lowest BCUT2D eigenvalue weighted by atomic mass is 10.1. The monoisotopic (exact) mass is 412 g/mol. The minimum Gasteiger partial charge on any atom is -0.351 e. The van der Waals surface area contributed by atoms with Crippen molar-refractivity contribution in [2.24, 2.45) is 0 Å². The zero-order chi connectivity index (χ0) is 20.1. The number of carbonyl (C=O) groups is 1. The van der Waals surface area contributed by atoms with Crippen LogP contribution in [0.4, 0.5) is 5.82 Å². The molecule has 0 radical (unpaired) electrons. The lowest BCUT2D eigenvalue weighted by Crippen LogP contribution is -2.60. The number of aryl methyl sites for hydroxylation is 2. The van der Waals surface area contributed by atoms with Gasteiger partial charge in [0, 0.05) is 37.9 Å². The van der Waals surface area contributed by atoms with Crippen LogP contribution in [0.1, 0.15) is 35.8 Å². The average Bonchev–Trinajstić information content (AvgIpc) is 3.30. The molecule has 0 aromatic carbocycles. The van der Waals surface area contributed by atoms with Crippen molar-refractivity contribution in [1.82, 2.24) is 24.6 Å². The maximum absolute atomic E-state index is 12.9. The molecule has 2 aromatic rings. The molecule has 1 unspecified atom stereocenters. The predicted octanol–water partition coefficient (Wildman–Crippen LogP) is 1.21. The molecule has 2 aliphatic heterocycles. The first-order valence-corrected chi connectivity index (χ1v) is 11.1. The third-order valence-corrected chi connectivity index (χ3v) is 7.29. The van der Waals surface area contributed by atoms with Crippen LogP contribution in [0.5, 0.6) is 0 Å². The molecule has 8 nitrogen and oxygen atoms in total. The number of nitrogens with zero attached hydrogens (tertiary/aromatic N) is 6. The molecule has 2 aromatic heterocycles. The summed E-state index contributed by atoms with van der Waals surface area (Å²) in [6.45, 7) is 3.42. The van der Waals surface area contributed by atoms with Crippen molar-refractivity contribution in [3.05, 3.63) is 39.4 Å². The first-order valence-electron chi connectivity index (χ1n) is 10.1. The summed E-state index contributed by atoms with van der Waals surface area (Å²) in [5, 5.41) is 9.09. The Morgan fingerprint density at radius 1 is 1.28 bits per heavy atom. The second-order valence-electron chi connectivity index (χ2n) is 8.11. The predicted molar refractivity (Wildman–Crippen MR) is 110 cm³/mol. The first kappa shape index (κ1) is 18.6. The van der Waals surface area contributed by atoms with E-state index >= 15 is 0 Å². The highest BCUT2D eigenvalue weighted by Gasteiger charge is 2.36. The van der Waals surface area contributed by atoms with Crippen LogP contribution in [0.2, 0.25) is 0 Å². The number of amides is 1. The number of thioether (sulfide) groups is 1. The summed E-state index contributed by atoms with van der Waals surface area (Å²) in [6.07, 6.45) is 3.06. The van der Waals surface area contributed by atoms with Crippen molar-refractivity contribution >= 4 is 23.5 Å². The third kappa shape index (κ3) is 3.21. The van der Waals surface area contributed by atoms with Gasteiger partial charge in [0.1, 0.15) is 0 Å². The average molecular weight is 413 g/mol. The van der Waals surface area contributed by atoms with Gasteiger partial charge in [-0.15, -0.1) is 5.10 Å². The van der Waals surface area contributed by atoms with Crippen molar-refractivity contribution in [3.63, 3.8) is 0 Å². The number of rotatable bonds is 4. The van der Waals surface area contributed by atoms with Gasteiger partial charge in [0.05, 0.1) is 23.5 Å². The van der Waals surface area contributed by atoms with Crippen molar-refractivity contribution in [2.75, 3.05) is 30.8 Å². The molecule has 3 aliphatic rings. The number of likely N-dealkylation sites (N-methyl/N-ethyl adjacent to an activating group) is 1. The number of hydrogen-bond donors (Lipinski definition) is 0. The van der Waals surface area contributed by atoms with Crippen LogP contribution in [0, 0.1) is 6.92 Å². The Balaban J connectivity index is 1.23. The van der Waals surface area contributed by atoms with Crippen LogP contribution in [-0.2, 0) is 17.6 Å². The van der Waals surface area contributed by atoms with Gasteiger partial charge in [-0.2, -0.15) is 5.10 Å². The largest absolute Gasteiger partial charge is 0.351 e. The Kier molecular flexibility index (Phi) is 4.57. The van der Waals surface area contributed by atoms with E-state index in [-0.39, 0.29) is 23.6 Å². The van der Waals surface area contributed by atoms with E-state index in [1.807, 2.05) is 31.0 Å². The topological polar surface area (TPSA) is 84.2 Å². The Hall–Kier alpha value is -2.42. The number of anilines is 1. The quantitative estimate of drug-likeness (QED) is 0.698. The van der Waals surface area contributed by atoms with E-state index in [1.165, 1.54) is 0 Å². The summed E-state index contributed by atoms with van der Waals surface area (Å²) < 4.78 is 1.77. The van der Waals surface area contributed by atoms with Crippen LogP contribution in [-0.4, -0.2) is 62.5 Å². The number of fused-ring (bicyclic) bond motifs is 2. The fourth-order valence-corrected chi connectivity index (χ4v) is 5.45. The van der Waals surface area contributed by atoms with Crippen LogP contribution >= 0.6 is 11.8 Å². The lowest BCUT2D eigenvalue weighted by molar-refractivity contribution is -0.133. The summed E-state index contributed by atoms with van der Waals surface area (Å²) >= 11 is 1.59. The summed E-state index contributed by atoms with van der Waals surface area (Å²) in [5.74, 6) is 1.66. The van der Waals surface area contributed by atoms with E-state index in [9.17, 15) is 9.59 Å². The van der Waals surface area contributed by atoms with E-state index in [0.717, 1.165) is 66.0 Å². The summed E-state index contributed by atoms with van der Waals surface area (Å²) in [4.78, 5) is 34.5. The van der Waals surface area contributed by atoms with Gasteiger partial charge in [0.25, 0.3) is 5.56 Å². The molecule has 1 fully saturated rings. The maximum atomic E-state index is 12.9. The minimum absolute atomic E-state index is 0.0701. The molecule has 29 heavy (non-hydrogen) atoms. The van der Waals surface area contributed by atoms with Gasteiger partial charge in [-0.25, -0.2) is 4.98 Å². The van der Waals surface area contributed by atoms with Gasteiger partial charge in [0.2, 0.25) is 5.91 Å². The summed E-state index contributed by atoms with van der Waals surface area (Å²) in [7, 11) is 1.86. The smallest absolute Gasteiger partial charge is 0.257 e. The van der Waals surface area contributed by atoms with E-state index < -0.39 is 0 Å². The van der Waals surface area contributed by atoms with Crippen molar-refractivity contribution in [1.29, 1.82) is 0 Å². The van der Waals surface area contributed by atoms with Crippen LogP contribution in [0.15, 0.2) is 22.1 Å². The third-order valence-electron chi connectivity index (χ3n) is 6.19.